The van der Waals surface area contributed by atoms with E-state index in [1.54, 1.807) is 5.57 Å². The van der Waals surface area contributed by atoms with Crippen LogP contribution >= 0.6 is 0 Å². The van der Waals surface area contributed by atoms with Crippen molar-refractivity contribution in [1.29, 1.82) is 0 Å². The van der Waals surface area contributed by atoms with E-state index in [1.807, 2.05) is 0 Å². The van der Waals surface area contributed by atoms with Crippen LogP contribution in [0, 0.1) is 34.5 Å². The molecule has 0 amide bonds. The molecule has 0 aromatic heterocycles. The second-order valence-corrected chi connectivity index (χ2v) is 10.3. The molecule has 0 bridgehead atoms. The van der Waals surface area contributed by atoms with Gasteiger partial charge >= 0.3 is 0 Å². The molecule has 0 aromatic carbocycles. The maximum absolute atomic E-state index is 10.1. The third-order valence-corrected chi connectivity index (χ3v) is 9.34. The predicted octanol–water partition coefficient (Wildman–Crippen LogP) is 4.29. The van der Waals surface area contributed by atoms with Gasteiger partial charge in [0.2, 0.25) is 0 Å². The Morgan fingerprint density at radius 3 is 2.75 bits per heavy atom. The SMILES string of the molecule is C[C@]12CC[C@H]3[C@@H](CC=C4C[C@@H](O)CC[C@@]43C)[C@@H]1CC[C@@H]2CC1CN1. The van der Waals surface area contributed by atoms with E-state index < -0.39 is 0 Å². The van der Waals surface area contributed by atoms with Crippen molar-refractivity contribution < 1.29 is 5.11 Å². The summed E-state index contributed by atoms with van der Waals surface area (Å²) >= 11 is 0. The second-order valence-electron chi connectivity index (χ2n) is 10.3. The number of hydrogen-bond acceptors (Lipinski definition) is 2. The molecule has 4 aliphatic carbocycles. The lowest BCUT2D eigenvalue weighted by atomic mass is 9.47. The van der Waals surface area contributed by atoms with Gasteiger partial charge in [-0.3, -0.25) is 0 Å². The van der Waals surface area contributed by atoms with Crippen molar-refractivity contribution in [2.75, 3.05) is 6.54 Å². The molecule has 1 heterocycles. The zero-order chi connectivity index (χ0) is 16.5. The highest BCUT2D eigenvalue weighted by molar-refractivity contribution is 5.25. The number of fused-ring (bicyclic) bond motifs is 5. The summed E-state index contributed by atoms with van der Waals surface area (Å²) in [6.45, 7) is 6.47. The Balaban J connectivity index is 1.42. The van der Waals surface area contributed by atoms with Gasteiger partial charge < -0.3 is 10.4 Å². The molecule has 134 valence electrons. The van der Waals surface area contributed by atoms with E-state index in [9.17, 15) is 5.11 Å². The number of aliphatic hydroxyl groups is 1. The number of allylic oxidation sites excluding steroid dienone is 1. The first-order chi connectivity index (χ1) is 11.5. The molecule has 2 N–H and O–H groups in total. The Morgan fingerprint density at radius 2 is 1.96 bits per heavy atom. The fourth-order valence-electron chi connectivity index (χ4n) is 7.73. The number of hydrogen-bond donors (Lipinski definition) is 2. The van der Waals surface area contributed by atoms with Gasteiger partial charge in [-0.2, -0.15) is 0 Å². The minimum absolute atomic E-state index is 0.0726. The standard InChI is InChI=1S/C22H35NO/c1-21-9-7-17(24)12-15(21)3-5-18-19-6-4-14(11-16-13-23-16)22(19,2)10-8-20(18)21/h3,14,16-20,23-24H,4-13H2,1-2H3/t14-,16?,17+,18+,19+,20+,21+,22-/m1/s1. The summed E-state index contributed by atoms with van der Waals surface area (Å²) in [5.74, 6) is 3.74. The third-order valence-electron chi connectivity index (χ3n) is 9.34. The molecule has 0 radical (unpaired) electrons. The monoisotopic (exact) mass is 329 g/mol. The molecule has 3 saturated carbocycles. The maximum Gasteiger partial charge on any atom is 0.0577 e. The Morgan fingerprint density at radius 1 is 1.12 bits per heavy atom. The molecule has 0 aromatic rings. The fourth-order valence-corrected chi connectivity index (χ4v) is 7.73. The largest absolute Gasteiger partial charge is 0.393 e. The van der Waals surface area contributed by atoms with Crippen LogP contribution in [0.1, 0.15) is 71.6 Å². The van der Waals surface area contributed by atoms with Gasteiger partial charge in [0.05, 0.1) is 6.10 Å². The van der Waals surface area contributed by atoms with E-state index >= 15 is 0 Å². The van der Waals surface area contributed by atoms with Gasteiger partial charge in [-0.15, -0.1) is 0 Å². The zero-order valence-electron chi connectivity index (χ0n) is 15.6. The lowest BCUT2D eigenvalue weighted by Gasteiger charge is -2.58. The van der Waals surface area contributed by atoms with Gasteiger partial charge in [0.15, 0.2) is 0 Å². The molecule has 1 aliphatic heterocycles. The van der Waals surface area contributed by atoms with E-state index in [0.29, 0.717) is 10.8 Å². The summed E-state index contributed by atoms with van der Waals surface area (Å²) in [5.41, 5.74) is 2.63. The molecule has 24 heavy (non-hydrogen) atoms. The smallest absolute Gasteiger partial charge is 0.0577 e. The highest BCUT2D eigenvalue weighted by Crippen LogP contribution is 2.66. The van der Waals surface area contributed by atoms with Crippen LogP contribution in [0.2, 0.25) is 0 Å². The van der Waals surface area contributed by atoms with Crippen molar-refractivity contribution in [3.8, 4) is 0 Å². The van der Waals surface area contributed by atoms with Crippen molar-refractivity contribution in [3.63, 3.8) is 0 Å². The normalized spacial score (nSPS) is 56.0. The van der Waals surface area contributed by atoms with Crippen LogP contribution in [0.3, 0.4) is 0 Å². The van der Waals surface area contributed by atoms with E-state index in [1.165, 1.54) is 51.5 Å². The van der Waals surface area contributed by atoms with Crippen LogP contribution in [0.25, 0.3) is 0 Å². The summed E-state index contributed by atoms with van der Waals surface area (Å²) in [5, 5.41) is 13.7. The van der Waals surface area contributed by atoms with Gasteiger partial charge in [-0.25, -0.2) is 0 Å². The van der Waals surface area contributed by atoms with Crippen LogP contribution in [0.5, 0.6) is 0 Å². The summed E-state index contributed by atoms with van der Waals surface area (Å²) in [7, 11) is 0. The minimum atomic E-state index is -0.0726. The first-order valence-electron chi connectivity index (χ1n) is 10.6. The highest BCUT2D eigenvalue weighted by Gasteiger charge is 2.58. The third kappa shape index (κ3) is 2.21. The second kappa shape index (κ2) is 5.33. The molecule has 5 aliphatic rings. The van der Waals surface area contributed by atoms with E-state index in [4.69, 9.17) is 0 Å². The predicted molar refractivity (Wildman–Crippen MR) is 97.6 cm³/mol. The van der Waals surface area contributed by atoms with Crippen LogP contribution in [0.4, 0.5) is 0 Å². The molecule has 2 nitrogen and oxygen atoms in total. The molecule has 8 atom stereocenters. The van der Waals surface area contributed by atoms with Crippen LogP contribution in [-0.2, 0) is 0 Å². The Labute approximate surface area is 147 Å². The number of aliphatic hydroxyl groups excluding tert-OH is 1. The highest BCUT2D eigenvalue weighted by atomic mass is 16.3. The van der Waals surface area contributed by atoms with Gasteiger partial charge in [-0.05, 0) is 92.3 Å². The summed E-state index contributed by atoms with van der Waals surface area (Å²) in [4.78, 5) is 0. The van der Waals surface area contributed by atoms with Crippen molar-refractivity contribution in [3.05, 3.63) is 11.6 Å². The van der Waals surface area contributed by atoms with Crippen LogP contribution in [0.15, 0.2) is 11.6 Å². The summed E-state index contributed by atoms with van der Waals surface area (Å²) < 4.78 is 0. The van der Waals surface area contributed by atoms with Crippen LogP contribution in [-0.4, -0.2) is 23.8 Å². The number of nitrogens with one attached hydrogen (secondary N) is 1. The van der Waals surface area contributed by atoms with E-state index in [-0.39, 0.29) is 6.10 Å². The topological polar surface area (TPSA) is 42.2 Å². The first-order valence-corrected chi connectivity index (χ1v) is 10.6. The Hall–Kier alpha value is -0.340. The molecule has 1 saturated heterocycles. The molecule has 1 unspecified atom stereocenters. The summed E-state index contributed by atoms with van der Waals surface area (Å²) in [6, 6.07) is 0.846. The van der Waals surface area contributed by atoms with Gasteiger partial charge in [0, 0.05) is 12.6 Å². The molecule has 2 heteroatoms. The lowest BCUT2D eigenvalue weighted by Crippen LogP contribution is -2.50. The van der Waals surface area contributed by atoms with Gasteiger partial charge in [0.1, 0.15) is 0 Å². The first kappa shape index (κ1) is 15.9. The zero-order valence-corrected chi connectivity index (χ0v) is 15.6. The average molecular weight is 330 g/mol. The fraction of sp³-hybridized carbons (Fsp3) is 0.909. The van der Waals surface area contributed by atoms with Crippen molar-refractivity contribution in [1.82, 2.24) is 5.32 Å². The molecule has 4 fully saturated rings. The Kier molecular flexibility index (Phi) is 3.53. The van der Waals surface area contributed by atoms with Crippen molar-refractivity contribution >= 4 is 0 Å². The van der Waals surface area contributed by atoms with Crippen molar-refractivity contribution in [2.24, 2.45) is 34.5 Å². The maximum atomic E-state index is 10.1. The van der Waals surface area contributed by atoms with Gasteiger partial charge in [-0.1, -0.05) is 25.5 Å². The Bertz CT molecular complexity index is 552. The number of rotatable bonds is 2. The van der Waals surface area contributed by atoms with Gasteiger partial charge in [0.25, 0.3) is 0 Å². The summed E-state index contributed by atoms with van der Waals surface area (Å²) in [6.07, 6.45) is 14.3. The molecule has 0 spiro atoms. The molecule has 5 rings (SSSR count). The molecular weight excluding hydrogens is 294 g/mol. The molecular formula is C22H35NO. The van der Waals surface area contributed by atoms with E-state index in [2.05, 4.69) is 25.2 Å². The van der Waals surface area contributed by atoms with Crippen molar-refractivity contribution in [2.45, 2.75) is 83.8 Å². The van der Waals surface area contributed by atoms with Crippen LogP contribution < -0.4 is 5.32 Å². The quantitative estimate of drug-likeness (QED) is 0.586. The van der Waals surface area contributed by atoms with E-state index in [0.717, 1.165) is 42.6 Å². The minimum Gasteiger partial charge on any atom is -0.393 e. The average Bonchev–Trinajstić information content (AvgIpc) is 3.31. The lowest BCUT2D eigenvalue weighted by molar-refractivity contribution is -0.0506.